The van der Waals surface area contributed by atoms with Crippen LogP contribution < -0.4 is 5.43 Å². The molecule has 0 atom stereocenters. The average Bonchev–Trinajstić information content (AvgIpc) is 2.78. The average molecular weight is 411 g/mol. The van der Waals surface area contributed by atoms with E-state index in [1.54, 1.807) is 13.0 Å². The van der Waals surface area contributed by atoms with Crippen LogP contribution in [0, 0.1) is 6.92 Å². The van der Waals surface area contributed by atoms with Crippen molar-refractivity contribution in [2.75, 3.05) is 0 Å². The number of rotatable bonds is 4. The number of para-hydroxylation sites is 1. The number of hydrazone groups is 1. The van der Waals surface area contributed by atoms with Crippen LogP contribution in [-0.2, 0) is 0 Å². The van der Waals surface area contributed by atoms with E-state index < -0.39 is 5.91 Å². The van der Waals surface area contributed by atoms with Gasteiger partial charge in [0, 0.05) is 16.5 Å². The van der Waals surface area contributed by atoms with E-state index in [0.29, 0.717) is 33.4 Å². The van der Waals surface area contributed by atoms with Gasteiger partial charge in [0.2, 0.25) is 0 Å². The van der Waals surface area contributed by atoms with Gasteiger partial charge >= 0.3 is 0 Å². The molecule has 6 nitrogen and oxygen atoms in total. The molecule has 31 heavy (non-hydrogen) atoms. The summed E-state index contributed by atoms with van der Waals surface area (Å²) in [4.78, 5) is 17.8. The van der Waals surface area contributed by atoms with Crippen LogP contribution in [0.3, 0.4) is 0 Å². The van der Waals surface area contributed by atoms with E-state index in [2.05, 4.69) is 10.5 Å². The molecule has 4 aromatic rings. The van der Waals surface area contributed by atoms with Gasteiger partial charge in [-0.25, -0.2) is 10.4 Å². The van der Waals surface area contributed by atoms with Gasteiger partial charge in [-0.3, -0.25) is 4.79 Å². The second kappa shape index (κ2) is 8.28. The minimum Gasteiger partial charge on any atom is -0.508 e. The largest absolute Gasteiger partial charge is 0.508 e. The van der Waals surface area contributed by atoms with Crippen molar-refractivity contribution in [2.45, 2.75) is 13.8 Å². The van der Waals surface area contributed by atoms with Crippen molar-refractivity contribution < 1.29 is 15.0 Å². The summed E-state index contributed by atoms with van der Waals surface area (Å²) in [5.41, 5.74) is 7.11. The van der Waals surface area contributed by atoms with Gasteiger partial charge in [-0.15, -0.1) is 0 Å². The number of aromatic hydroxyl groups is 2. The second-order valence-corrected chi connectivity index (χ2v) is 7.28. The highest BCUT2D eigenvalue weighted by atomic mass is 16.3. The van der Waals surface area contributed by atoms with Gasteiger partial charge in [-0.2, -0.15) is 5.10 Å². The first kappa shape index (κ1) is 20.1. The summed E-state index contributed by atoms with van der Waals surface area (Å²) in [6, 6.07) is 21.3. The zero-order chi connectivity index (χ0) is 22.0. The van der Waals surface area contributed by atoms with Crippen molar-refractivity contribution >= 4 is 22.5 Å². The van der Waals surface area contributed by atoms with Crippen molar-refractivity contribution in [3.05, 3.63) is 89.5 Å². The molecule has 0 aliphatic rings. The second-order valence-electron chi connectivity index (χ2n) is 7.28. The Balaban J connectivity index is 1.72. The predicted molar refractivity (Wildman–Crippen MR) is 121 cm³/mol. The third-order valence-electron chi connectivity index (χ3n) is 4.97. The molecule has 0 bridgehead atoms. The molecule has 0 saturated heterocycles. The summed E-state index contributed by atoms with van der Waals surface area (Å²) in [5.74, 6) is -0.438. The summed E-state index contributed by atoms with van der Waals surface area (Å²) >= 11 is 0. The summed E-state index contributed by atoms with van der Waals surface area (Å²) in [7, 11) is 0. The molecule has 0 radical (unpaired) electrons. The van der Waals surface area contributed by atoms with Gasteiger partial charge in [-0.1, -0.05) is 42.0 Å². The Morgan fingerprint density at radius 1 is 0.935 bits per heavy atom. The fourth-order valence-corrected chi connectivity index (χ4v) is 3.38. The molecule has 154 valence electrons. The lowest BCUT2D eigenvalue weighted by Crippen LogP contribution is -2.20. The monoisotopic (exact) mass is 411 g/mol. The number of nitrogens with one attached hydrogen (secondary N) is 1. The molecular formula is C25H21N3O3. The van der Waals surface area contributed by atoms with Crippen molar-refractivity contribution in [3.63, 3.8) is 0 Å². The van der Waals surface area contributed by atoms with Crippen molar-refractivity contribution in [1.29, 1.82) is 0 Å². The summed E-state index contributed by atoms with van der Waals surface area (Å²) in [6.07, 6.45) is 0. The third kappa shape index (κ3) is 4.23. The van der Waals surface area contributed by atoms with Crippen molar-refractivity contribution in [2.24, 2.45) is 5.10 Å². The Labute approximate surface area is 179 Å². The summed E-state index contributed by atoms with van der Waals surface area (Å²) in [6.45, 7) is 3.64. The number of aryl methyl sites for hydroxylation is 1. The Bertz CT molecular complexity index is 1330. The predicted octanol–water partition coefficient (Wildman–Crippen LogP) is 4.78. The number of benzene rings is 3. The Morgan fingerprint density at radius 3 is 2.55 bits per heavy atom. The van der Waals surface area contributed by atoms with Gasteiger partial charge in [0.1, 0.15) is 11.5 Å². The number of hydrogen-bond acceptors (Lipinski definition) is 5. The minimum absolute atomic E-state index is 0.00315. The zero-order valence-corrected chi connectivity index (χ0v) is 17.1. The highest BCUT2D eigenvalue weighted by Crippen LogP contribution is 2.26. The molecule has 1 aromatic heterocycles. The Kier molecular flexibility index (Phi) is 5.37. The van der Waals surface area contributed by atoms with Crippen LogP contribution in [0.1, 0.15) is 28.4 Å². The standard InChI is InChI=1S/C25H21N3O3/c1-15-6-5-7-17(12-15)23-14-21(19-8-3-4-9-22(19)26-23)25(31)28-27-16(2)20-13-18(29)10-11-24(20)30/h3-14,29-30H,1-2H3,(H,28,31)/b27-16-. The van der Waals surface area contributed by atoms with Crippen LogP contribution in [0.2, 0.25) is 0 Å². The van der Waals surface area contributed by atoms with Gasteiger partial charge in [0.05, 0.1) is 22.5 Å². The van der Waals surface area contributed by atoms with Crippen molar-refractivity contribution in [1.82, 2.24) is 10.4 Å². The molecule has 4 rings (SSSR count). The smallest absolute Gasteiger partial charge is 0.272 e. The number of carbonyl (C=O) groups excluding carboxylic acids is 1. The molecule has 1 heterocycles. The molecule has 6 heteroatoms. The van der Waals surface area contributed by atoms with Crippen LogP contribution in [0.15, 0.2) is 77.9 Å². The number of fused-ring (bicyclic) bond motifs is 1. The molecule has 0 spiro atoms. The van der Waals surface area contributed by atoms with E-state index in [4.69, 9.17) is 4.98 Å². The topological polar surface area (TPSA) is 94.8 Å². The maximum Gasteiger partial charge on any atom is 0.272 e. The SMILES string of the molecule is C/C(=N/NC(=O)c1cc(-c2cccc(C)c2)nc2ccccc12)c1cc(O)ccc1O. The van der Waals surface area contributed by atoms with E-state index in [9.17, 15) is 15.0 Å². The molecule has 0 saturated carbocycles. The van der Waals surface area contributed by atoms with Crippen LogP contribution in [0.25, 0.3) is 22.2 Å². The number of phenolic OH excluding ortho intramolecular Hbond substituents is 2. The number of hydrogen-bond donors (Lipinski definition) is 3. The van der Waals surface area contributed by atoms with E-state index >= 15 is 0 Å². The first-order valence-corrected chi connectivity index (χ1v) is 9.76. The van der Waals surface area contributed by atoms with Crippen LogP contribution in [-0.4, -0.2) is 26.8 Å². The number of amides is 1. The lowest BCUT2D eigenvalue weighted by molar-refractivity contribution is 0.0956. The first-order valence-electron chi connectivity index (χ1n) is 9.76. The number of carbonyl (C=O) groups is 1. The lowest BCUT2D eigenvalue weighted by atomic mass is 10.0. The van der Waals surface area contributed by atoms with Gasteiger partial charge in [0.15, 0.2) is 0 Å². The fourth-order valence-electron chi connectivity index (χ4n) is 3.38. The van der Waals surface area contributed by atoms with E-state index in [-0.39, 0.29) is 11.5 Å². The fraction of sp³-hybridized carbons (Fsp3) is 0.0800. The molecule has 0 unspecified atom stereocenters. The molecule has 0 fully saturated rings. The molecule has 1 amide bonds. The quantitative estimate of drug-likeness (QED) is 0.256. The molecule has 3 N–H and O–H groups in total. The van der Waals surface area contributed by atoms with E-state index in [1.807, 2.05) is 55.5 Å². The van der Waals surface area contributed by atoms with Crippen LogP contribution in [0.4, 0.5) is 0 Å². The molecular weight excluding hydrogens is 390 g/mol. The van der Waals surface area contributed by atoms with Crippen LogP contribution >= 0.6 is 0 Å². The summed E-state index contributed by atoms with van der Waals surface area (Å²) in [5, 5.41) is 24.5. The minimum atomic E-state index is -0.397. The zero-order valence-electron chi connectivity index (χ0n) is 17.1. The first-order chi connectivity index (χ1) is 14.9. The number of phenols is 2. The van der Waals surface area contributed by atoms with Crippen molar-refractivity contribution in [3.8, 4) is 22.8 Å². The maximum absolute atomic E-state index is 13.0. The van der Waals surface area contributed by atoms with Gasteiger partial charge < -0.3 is 10.2 Å². The van der Waals surface area contributed by atoms with Gasteiger partial charge in [0.25, 0.3) is 5.91 Å². The lowest BCUT2D eigenvalue weighted by Gasteiger charge is -2.10. The Morgan fingerprint density at radius 2 is 1.74 bits per heavy atom. The normalized spacial score (nSPS) is 11.5. The van der Waals surface area contributed by atoms with E-state index in [1.165, 1.54) is 18.2 Å². The number of aromatic nitrogens is 1. The maximum atomic E-state index is 13.0. The van der Waals surface area contributed by atoms with Gasteiger partial charge in [-0.05, 0) is 50.2 Å². The third-order valence-corrected chi connectivity index (χ3v) is 4.97. The highest BCUT2D eigenvalue weighted by Gasteiger charge is 2.14. The number of pyridine rings is 1. The number of nitrogens with zero attached hydrogens (tertiary/aromatic N) is 2. The van der Waals surface area contributed by atoms with E-state index in [0.717, 1.165) is 11.1 Å². The Hall–Kier alpha value is -4.19. The molecule has 3 aromatic carbocycles. The summed E-state index contributed by atoms with van der Waals surface area (Å²) < 4.78 is 0. The highest BCUT2D eigenvalue weighted by molar-refractivity contribution is 6.08. The van der Waals surface area contributed by atoms with Crippen LogP contribution in [0.5, 0.6) is 11.5 Å². The molecule has 0 aliphatic heterocycles. The molecule has 0 aliphatic carbocycles.